The molecule has 2 fully saturated rings. The second kappa shape index (κ2) is 5.45. The van der Waals surface area contributed by atoms with E-state index in [0.29, 0.717) is 18.7 Å². The second-order valence-electron chi connectivity index (χ2n) is 5.40. The van der Waals surface area contributed by atoms with Crippen LogP contribution in [0.3, 0.4) is 0 Å². The van der Waals surface area contributed by atoms with Crippen LogP contribution in [0.5, 0.6) is 0 Å². The van der Waals surface area contributed by atoms with Gasteiger partial charge in [0.1, 0.15) is 0 Å². The fourth-order valence-corrected chi connectivity index (χ4v) is 2.24. The van der Waals surface area contributed by atoms with Gasteiger partial charge in [0.05, 0.1) is 13.2 Å². The largest absolute Gasteiger partial charge is 0.396 e. The Bertz CT molecular complexity index is 213. The predicted octanol–water partition coefficient (Wildman–Crippen LogP) is 0.116. The Kier molecular flexibility index (Phi) is 4.19. The van der Waals surface area contributed by atoms with Crippen LogP contribution < -0.4 is 10.6 Å². The number of hydrogen-bond donors (Lipinski definition) is 3. The van der Waals surface area contributed by atoms with Gasteiger partial charge in [-0.3, -0.25) is 0 Å². The van der Waals surface area contributed by atoms with Gasteiger partial charge in [0.15, 0.2) is 0 Å². The van der Waals surface area contributed by atoms with Crippen molar-refractivity contribution in [2.24, 2.45) is 5.41 Å². The van der Waals surface area contributed by atoms with E-state index < -0.39 is 0 Å². The molecule has 1 saturated heterocycles. The van der Waals surface area contributed by atoms with Gasteiger partial charge in [0.25, 0.3) is 0 Å². The molecule has 0 radical (unpaired) electrons. The van der Waals surface area contributed by atoms with Crippen molar-refractivity contribution in [3.8, 4) is 0 Å². The zero-order valence-electron chi connectivity index (χ0n) is 10.2. The van der Waals surface area contributed by atoms with Crippen LogP contribution in [0.2, 0.25) is 0 Å². The molecule has 1 aliphatic carbocycles. The molecule has 1 saturated carbocycles. The van der Waals surface area contributed by atoms with Crippen molar-refractivity contribution in [1.82, 2.24) is 10.6 Å². The molecule has 0 aromatic heterocycles. The number of rotatable bonds is 6. The van der Waals surface area contributed by atoms with E-state index in [4.69, 9.17) is 4.74 Å². The minimum absolute atomic E-state index is 0.213. The first-order chi connectivity index (χ1) is 7.74. The number of morpholine rings is 1. The number of nitrogens with one attached hydrogen (secondary N) is 2. The molecule has 1 aliphatic heterocycles. The zero-order valence-corrected chi connectivity index (χ0v) is 10.2. The predicted molar refractivity (Wildman–Crippen MR) is 63.4 cm³/mol. The van der Waals surface area contributed by atoms with Crippen LogP contribution in [-0.2, 0) is 4.74 Å². The molecule has 0 aromatic carbocycles. The average Bonchev–Trinajstić information content (AvgIpc) is 3.09. The van der Waals surface area contributed by atoms with E-state index >= 15 is 0 Å². The fraction of sp³-hybridized carbons (Fsp3) is 1.00. The first kappa shape index (κ1) is 12.3. The van der Waals surface area contributed by atoms with E-state index in [2.05, 4.69) is 17.6 Å². The first-order valence-electron chi connectivity index (χ1n) is 6.39. The van der Waals surface area contributed by atoms with Gasteiger partial charge < -0.3 is 20.5 Å². The lowest BCUT2D eigenvalue weighted by atomic mass is 10.1. The molecule has 1 heterocycles. The van der Waals surface area contributed by atoms with Crippen LogP contribution in [0, 0.1) is 5.41 Å². The fourth-order valence-electron chi connectivity index (χ4n) is 2.24. The third-order valence-corrected chi connectivity index (χ3v) is 3.75. The Labute approximate surface area is 97.7 Å². The Morgan fingerprint density at radius 3 is 2.94 bits per heavy atom. The van der Waals surface area contributed by atoms with Gasteiger partial charge >= 0.3 is 0 Å². The molecule has 94 valence electrons. The summed E-state index contributed by atoms with van der Waals surface area (Å²) in [6, 6.07) is 0.976. The lowest BCUT2D eigenvalue weighted by Crippen LogP contribution is -2.45. The molecule has 0 aromatic rings. The van der Waals surface area contributed by atoms with E-state index in [9.17, 15) is 5.11 Å². The minimum atomic E-state index is 0.213. The number of ether oxygens (including phenoxy) is 1. The Morgan fingerprint density at radius 2 is 2.38 bits per heavy atom. The molecular weight excluding hydrogens is 204 g/mol. The SMILES string of the molecule is CC(CC1COCCN1)NCC1(CO)CC1. The summed E-state index contributed by atoms with van der Waals surface area (Å²) in [6.45, 7) is 6.14. The summed E-state index contributed by atoms with van der Waals surface area (Å²) in [4.78, 5) is 0. The van der Waals surface area contributed by atoms with E-state index in [1.165, 1.54) is 12.8 Å². The molecule has 2 unspecified atom stereocenters. The molecule has 0 spiro atoms. The molecule has 2 atom stereocenters. The molecule has 2 aliphatic rings. The van der Waals surface area contributed by atoms with Gasteiger partial charge in [0, 0.05) is 37.2 Å². The highest BCUT2D eigenvalue weighted by Gasteiger charge is 2.41. The Balaban J connectivity index is 1.62. The first-order valence-corrected chi connectivity index (χ1v) is 6.39. The van der Waals surface area contributed by atoms with Crippen LogP contribution in [-0.4, -0.2) is 50.1 Å². The molecule has 2 rings (SSSR count). The van der Waals surface area contributed by atoms with Crippen LogP contribution in [0.25, 0.3) is 0 Å². The maximum atomic E-state index is 9.22. The van der Waals surface area contributed by atoms with Crippen molar-refractivity contribution in [3.05, 3.63) is 0 Å². The lowest BCUT2D eigenvalue weighted by Gasteiger charge is -2.27. The summed E-state index contributed by atoms with van der Waals surface area (Å²) in [5.41, 5.74) is 0.213. The lowest BCUT2D eigenvalue weighted by molar-refractivity contribution is 0.0708. The van der Waals surface area contributed by atoms with E-state index in [1.54, 1.807) is 0 Å². The summed E-state index contributed by atoms with van der Waals surface area (Å²) >= 11 is 0. The van der Waals surface area contributed by atoms with Crippen LogP contribution >= 0.6 is 0 Å². The van der Waals surface area contributed by atoms with Crippen molar-refractivity contribution in [2.45, 2.75) is 38.3 Å². The van der Waals surface area contributed by atoms with Gasteiger partial charge in [-0.2, -0.15) is 0 Å². The molecule has 4 nitrogen and oxygen atoms in total. The standard InChI is InChI=1S/C12H24N2O2/c1-10(6-11-7-16-5-4-13-11)14-8-12(9-15)2-3-12/h10-11,13-15H,2-9H2,1H3. The van der Waals surface area contributed by atoms with Gasteiger partial charge in [-0.1, -0.05) is 0 Å². The summed E-state index contributed by atoms with van der Waals surface area (Å²) in [5, 5.41) is 16.2. The minimum Gasteiger partial charge on any atom is -0.396 e. The summed E-state index contributed by atoms with van der Waals surface area (Å²) in [6.07, 6.45) is 3.45. The number of hydrogen-bond acceptors (Lipinski definition) is 4. The van der Waals surface area contributed by atoms with Crippen LogP contribution in [0.1, 0.15) is 26.2 Å². The van der Waals surface area contributed by atoms with E-state index in [1.807, 2.05) is 0 Å². The quantitative estimate of drug-likeness (QED) is 0.604. The maximum Gasteiger partial charge on any atom is 0.0620 e. The van der Waals surface area contributed by atoms with Crippen LogP contribution in [0.15, 0.2) is 0 Å². The van der Waals surface area contributed by atoms with Crippen molar-refractivity contribution in [2.75, 3.05) is 32.9 Å². The Morgan fingerprint density at radius 1 is 1.56 bits per heavy atom. The highest BCUT2D eigenvalue weighted by Crippen LogP contribution is 2.44. The van der Waals surface area contributed by atoms with Gasteiger partial charge in [-0.15, -0.1) is 0 Å². The van der Waals surface area contributed by atoms with Gasteiger partial charge in [-0.25, -0.2) is 0 Å². The topological polar surface area (TPSA) is 53.5 Å². The number of aliphatic hydroxyl groups is 1. The van der Waals surface area contributed by atoms with Gasteiger partial charge in [-0.05, 0) is 26.2 Å². The summed E-state index contributed by atoms with van der Waals surface area (Å²) < 4.78 is 5.43. The normalized spacial score (nSPS) is 30.0. The smallest absolute Gasteiger partial charge is 0.0620 e. The zero-order chi connectivity index (χ0) is 11.4. The summed E-state index contributed by atoms with van der Waals surface area (Å²) in [5.74, 6) is 0. The Hall–Kier alpha value is -0.160. The molecule has 0 amide bonds. The third-order valence-electron chi connectivity index (χ3n) is 3.75. The van der Waals surface area contributed by atoms with Crippen molar-refractivity contribution in [3.63, 3.8) is 0 Å². The molecule has 16 heavy (non-hydrogen) atoms. The van der Waals surface area contributed by atoms with Crippen molar-refractivity contribution < 1.29 is 9.84 Å². The monoisotopic (exact) mass is 228 g/mol. The third kappa shape index (κ3) is 3.42. The number of aliphatic hydroxyl groups excluding tert-OH is 1. The molecular formula is C12H24N2O2. The molecule has 3 N–H and O–H groups in total. The summed E-state index contributed by atoms with van der Waals surface area (Å²) in [7, 11) is 0. The van der Waals surface area contributed by atoms with E-state index in [0.717, 1.165) is 32.7 Å². The highest BCUT2D eigenvalue weighted by atomic mass is 16.5. The molecule has 0 bridgehead atoms. The van der Waals surface area contributed by atoms with Crippen LogP contribution in [0.4, 0.5) is 0 Å². The van der Waals surface area contributed by atoms with Crippen molar-refractivity contribution in [1.29, 1.82) is 0 Å². The molecule has 4 heteroatoms. The highest BCUT2D eigenvalue weighted by molar-refractivity contribution is 4.95. The average molecular weight is 228 g/mol. The second-order valence-corrected chi connectivity index (χ2v) is 5.40. The van der Waals surface area contributed by atoms with Crippen molar-refractivity contribution >= 4 is 0 Å². The van der Waals surface area contributed by atoms with Gasteiger partial charge in [0.2, 0.25) is 0 Å². The van der Waals surface area contributed by atoms with E-state index in [-0.39, 0.29) is 5.41 Å². The maximum absolute atomic E-state index is 9.22.